The van der Waals surface area contributed by atoms with Gasteiger partial charge in [-0.1, -0.05) is 37.3 Å². The van der Waals surface area contributed by atoms with Crippen LogP contribution >= 0.6 is 0 Å². The summed E-state index contributed by atoms with van der Waals surface area (Å²) in [4.78, 5) is 14.0. The number of likely N-dealkylation sites (N-methyl/N-ethyl adjacent to an activating group) is 2. The normalized spacial score (nSPS) is 12.4. The zero-order valence-electron chi connectivity index (χ0n) is 12.1. The van der Waals surface area contributed by atoms with Gasteiger partial charge in [-0.25, -0.2) is 0 Å². The van der Waals surface area contributed by atoms with Crippen molar-refractivity contribution in [3.05, 3.63) is 35.9 Å². The lowest BCUT2D eigenvalue weighted by atomic mass is 10.1. The molecule has 4 heteroatoms. The molecule has 0 amide bonds. The Morgan fingerprint density at radius 2 is 2.05 bits per heavy atom. The maximum atomic E-state index is 11.9. The lowest BCUT2D eigenvalue weighted by Gasteiger charge is -2.20. The van der Waals surface area contributed by atoms with Crippen molar-refractivity contribution in [3.8, 4) is 0 Å². The van der Waals surface area contributed by atoms with E-state index >= 15 is 0 Å². The minimum Gasteiger partial charge on any atom is -0.461 e. The molecule has 0 aliphatic carbocycles. The zero-order chi connectivity index (χ0) is 14.1. The predicted molar refractivity (Wildman–Crippen MR) is 76.8 cm³/mol. The topological polar surface area (TPSA) is 41.6 Å². The van der Waals surface area contributed by atoms with E-state index in [1.54, 1.807) is 0 Å². The number of nitrogens with zero attached hydrogens (tertiary/aromatic N) is 1. The van der Waals surface area contributed by atoms with Gasteiger partial charge < -0.3 is 15.0 Å². The standard InChI is InChI=1S/C15H24N2O2/c1-13(11-17(3)10-9-16-2)15(18)19-12-14-7-5-4-6-8-14/h4-8,13,16H,9-12H2,1-3H3. The van der Waals surface area contributed by atoms with Gasteiger partial charge in [0, 0.05) is 19.6 Å². The molecule has 1 aromatic carbocycles. The third-order valence-corrected chi connectivity index (χ3v) is 2.96. The van der Waals surface area contributed by atoms with Crippen LogP contribution < -0.4 is 5.32 Å². The minimum absolute atomic E-state index is 0.106. The Morgan fingerprint density at radius 3 is 2.68 bits per heavy atom. The van der Waals surface area contributed by atoms with Gasteiger partial charge in [0.05, 0.1) is 5.92 Å². The maximum Gasteiger partial charge on any atom is 0.310 e. The summed E-state index contributed by atoms with van der Waals surface area (Å²) in [5, 5.41) is 3.09. The molecule has 0 saturated heterocycles. The van der Waals surface area contributed by atoms with Gasteiger partial charge in [-0.3, -0.25) is 4.79 Å². The Balaban J connectivity index is 2.28. The number of carbonyl (C=O) groups is 1. The van der Waals surface area contributed by atoms with Crippen molar-refractivity contribution in [2.24, 2.45) is 5.92 Å². The molecule has 0 bridgehead atoms. The van der Waals surface area contributed by atoms with E-state index < -0.39 is 0 Å². The fourth-order valence-electron chi connectivity index (χ4n) is 1.81. The third kappa shape index (κ3) is 6.36. The van der Waals surface area contributed by atoms with Crippen LogP contribution in [0, 0.1) is 5.92 Å². The molecule has 0 fully saturated rings. The Hall–Kier alpha value is -1.39. The van der Waals surface area contributed by atoms with E-state index in [-0.39, 0.29) is 11.9 Å². The molecular formula is C15H24N2O2. The highest BCUT2D eigenvalue weighted by molar-refractivity contribution is 5.72. The van der Waals surface area contributed by atoms with Crippen LogP contribution in [0.3, 0.4) is 0 Å². The molecule has 0 aliphatic rings. The van der Waals surface area contributed by atoms with Gasteiger partial charge in [-0.05, 0) is 19.7 Å². The highest BCUT2D eigenvalue weighted by Gasteiger charge is 2.16. The number of esters is 1. The number of ether oxygens (including phenoxy) is 1. The van der Waals surface area contributed by atoms with Gasteiger partial charge in [0.15, 0.2) is 0 Å². The van der Waals surface area contributed by atoms with E-state index in [0.717, 1.165) is 25.2 Å². The summed E-state index contributed by atoms with van der Waals surface area (Å²) in [6, 6.07) is 9.74. The largest absolute Gasteiger partial charge is 0.461 e. The fraction of sp³-hybridized carbons (Fsp3) is 0.533. The van der Waals surface area contributed by atoms with Crippen LogP contribution in [0.25, 0.3) is 0 Å². The number of benzene rings is 1. The first kappa shape index (κ1) is 15.7. The van der Waals surface area contributed by atoms with Crippen molar-refractivity contribution in [2.75, 3.05) is 33.7 Å². The summed E-state index contributed by atoms with van der Waals surface area (Å²) in [6.07, 6.45) is 0. The zero-order valence-corrected chi connectivity index (χ0v) is 12.1. The molecule has 0 heterocycles. The highest BCUT2D eigenvalue weighted by Crippen LogP contribution is 2.05. The molecule has 1 unspecified atom stereocenters. The Kier molecular flexibility index (Phi) is 7.15. The first-order chi connectivity index (χ1) is 9.13. The molecular weight excluding hydrogens is 240 g/mol. The average Bonchev–Trinajstić information content (AvgIpc) is 2.43. The summed E-state index contributed by atoms with van der Waals surface area (Å²) in [5.74, 6) is -0.245. The maximum absolute atomic E-state index is 11.9. The molecule has 4 nitrogen and oxygen atoms in total. The molecule has 19 heavy (non-hydrogen) atoms. The van der Waals surface area contributed by atoms with Crippen molar-refractivity contribution < 1.29 is 9.53 Å². The summed E-state index contributed by atoms with van der Waals surface area (Å²) in [6.45, 7) is 4.82. The van der Waals surface area contributed by atoms with Crippen molar-refractivity contribution in [2.45, 2.75) is 13.5 Å². The van der Waals surface area contributed by atoms with Crippen molar-refractivity contribution >= 4 is 5.97 Å². The predicted octanol–water partition coefficient (Wildman–Crippen LogP) is 1.52. The molecule has 1 rings (SSSR count). The second kappa shape index (κ2) is 8.67. The quantitative estimate of drug-likeness (QED) is 0.723. The number of carbonyl (C=O) groups excluding carboxylic acids is 1. The van der Waals surface area contributed by atoms with Crippen LogP contribution in [-0.4, -0.2) is 44.6 Å². The number of rotatable bonds is 8. The van der Waals surface area contributed by atoms with E-state index in [4.69, 9.17) is 4.74 Å². The van der Waals surface area contributed by atoms with Gasteiger partial charge in [-0.15, -0.1) is 0 Å². The lowest BCUT2D eigenvalue weighted by molar-refractivity contribution is -0.149. The molecule has 0 spiro atoms. The van der Waals surface area contributed by atoms with Gasteiger partial charge >= 0.3 is 5.97 Å². The molecule has 0 aromatic heterocycles. The van der Waals surface area contributed by atoms with Crippen LogP contribution in [-0.2, 0) is 16.1 Å². The second-order valence-corrected chi connectivity index (χ2v) is 4.86. The molecule has 1 aromatic rings. The van der Waals surface area contributed by atoms with Crippen molar-refractivity contribution in [1.29, 1.82) is 0 Å². The summed E-state index contributed by atoms with van der Waals surface area (Å²) < 4.78 is 5.31. The van der Waals surface area contributed by atoms with Crippen LogP contribution in [0.2, 0.25) is 0 Å². The Labute approximate surface area is 115 Å². The summed E-state index contributed by atoms with van der Waals surface area (Å²) in [7, 11) is 3.93. The van der Waals surface area contributed by atoms with E-state index in [9.17, 15) is 4.79 Å². The average molecular weight is 264 g/mol. The third-order valence-electron chi connectivity index (χ3n) is 2.96. The molecule has 1 atom stereocenters. The van der Waals surface area contributed by atoms with Gasteiger partial charge in [0.25, 0.3) is 0 Å². The molecule has 0 aliphatic heterocycles. The van der Waals surface area contributed by atoms with E-state index in [2.05, 4.69) is 10.2 Å². The number of hydrogen-bond donors (Lipinski definition) is 1. The minimum atomic E-state index is -0.139. The van der Waals surface area contributed by atoms with E-state index in [1.807, 2.05) is 51.4 Å². The first-order valence-corrected chi connectivity index (χ1v) is 6.67. The van der Waals surface area contributed by atoms with Crippen molar-refractivity contribution in [1.82, 2.24) is 10.2 Å². The molecule has 1 N–H and O–H groups in total. The molecule has 0 saturated carbocycles. The van der Waals surface area contributed by atoms with Crippen LogP contribution in [0.1, 0.15) is 12.5 Å². The monoisotopic (exact) mass is 264 g/mol. The fourth-order valence-corrected chi connectivity index (χ4v) is 1.81. The van der Waals surface area contributed by atoms with Gasteiger partial charge in [0.2, 0.25) is 0 Å². The van der Waals surface area contributed by atoms with E-state index in [0.29, 0.717) is 6.61 Å². The first-order valence-electron chi connectivity index (χ1n) is 6.67. The van der Waals surface area contributed by atoms with Crippen LogP contribution in [0.5, 0.6) is 0 Å². The Morgan fingerprint density at radius 1 is 1.37 bits per heavy atom. The second-order valence-electron chi connectivity index (χ2n) is 4.86. The SMILES string of the molecule is CNCCN(C)CC(C)C(=O)OCc1ccccc1. The molecule has 0 radical (unpaired) electrons. The molecule has 106 valence electrons. The van der Waals surface area contributed by atoms with Gasteiger partial charge in [-0.2, -0.15) is 0 Å². The number of hydrogen-bond acceptors (Lipinski definition) is 4. The summed E-state index contributed by atoms with van der Waals surface area (Å²) in [5.41, 5.74) is 1.02. The van der Waals surface area contributed by atoms with Crippen LogP contribution in [0.4, 0.5) is 0 Å². The van der Waals surface area contributed by atoms with E-state index in [1.165, 1.54) is 0 Å². The lowest BCUT2D eigenvalue weighted by Crippen LogP contribution is -2.33. The number of nitrogens with one attached hydrogen (secondary N) is 1. The smallest absolute Gasteiger partial charge is 0.310 e. The van der Waals surface area contributed by atoms with Gasteiger partial charge in [0.1, 0.15) is 6.61 Å². The van der Waals surface area contributed by atoms with Crippen molar-refractivity contribution in [3.63, 3.8) is 0 Å². The highest BCUT2D eigenvalue weighted by atomic mass is 16.5. The summed E-state index contributed by atoms with van der Waals surface area (Å²) >= 11 is 0. The van der Waals surface area contributed by atoms with Crippen LogP contribution in [0.15, 0.2) is 30.3 Å². The Bertz CT molecular complexity index is 368.